The summed E-state index contributed by atoms with van der Waals surface area (Å²) in [5.41, 5.74) is 5.80. The second-order valence-corrected chi connectivity index (χ2v) is 10.2. The Bertz CT molecular complexity index is 1300. The fourth-order valence-electron chi connectivity index (χ4n) is 4.97. The maximum Gasteiger partial charge on any atom is 0.178 e. The normalized spacial score (nSPS) is 16.0. The predicted octanol–water partition coefficient (Wildman–Crippen LogP) is 5.46. The van der Waals surface area contributed by atoms with Crippen LogP contribution in [-0.4, -0.2) is 62.7 Å². The summed E-state index contributed by atoms with van der Waals surface area (Å²) in [4.78, 5) is 5.01. The number of para-hydroxylation sites is 1. The van der Waals surface area contributed by atoms with Gasteiger partial charge in [0.1, 0.15) is 0 Å². The summed E-state index contributed by atoms with van der Waals surface area (Å²) in [5, 5.41) is 13.2. The van der Waals surface area contributed by atoms with E-state index in [2.05, 4.69) is 140 Å². The van der Waals surface area contributed by atoms with Crippen LogP contribution in [0.5, 0.6) is 0 Å². The lowest BCUT2D eigenvalue weighted by Gasteiger charge is -2.38. The zero-order valence-corrected chi connectivity index (χ0v) is 22.3. The standard InChI is InChI=1S/C29H31BrN6/c1-22-9-6-10-23(2)27(22)36-29(31-32-33-36)28(25-14-7-15-26(30)21-25)35-19-17-34(18-20-35)16-8-13-24-11-4-3-5-12-24/h3-15,21,28H,16-20H2,1-2H3/b13-8+/t28-/m0/s1. The Kier molecular flexibility index (Phi) is 7.70. The Hall–Kier alpha value is -3.13. The van der Waals surface area contributed by atoms with Gasteiger partial charge in [-0.2, -0.15) is 4.68 Å². The number of tetrazole rings is 1. The number of benzene rings is 3. The van der Waals surface area contributed by atoms with E-state index in [0.29, 0.717) is 0 Å². The molecule has 0 bridgehead atoms. The van der Waals surface area contributed by atoms with E-state index < -0.39 is 0 Å². The molecule has 1 saturated heterocycles. The van der Waals surface area contributed by atoms with E-state index in [9.17, 15) is 0 Å². The van der Waals surface area contributed by atoms with Crippen LogP contribution in [0.15, 0.2) is 83.3 Å². The molecule has 1 atom stereocenters. The molecule has 0 radical (unpaired) electrons. The molecule has 4 aromatic rings. The fraction of sp³-hybridized carbons (Fsp3) is 0.276. The number of piperazine rings is 1. The van der Waals surface area contributed by atoms with Gasteiger partial charge in [-0.1, -0.05) is 88.7 Å². The van der Waals surface area contributed by atoms with Gasteiger partial charge >= 0.3 is 0 Å². The van der Waals surface area contributed by atoms with Gasteiger partial charge in [-0.05, 0) is 58.7 Å². The minimum Gasteiger partial charge on any atom is -0.297 e. The van der Waals surface area contributed by atoms with E-state index in [1.807, 2.05) is 4.68 Å². The van der Waals surface area contributed by atoms with Gasteiger partial charge in [0.05, 0.1) is 11.7 Å². The van der Waals surface area contributed by atoms with Crippen LogP contribution in [0.3, 0.4) is 0 Å². The van der Waals surface area contributed by atoms with Crippen molar-refractivity contribution in [3.05, 3.63) is 111 Å². The molecule has 0 amide bonds. The summed E-state index contributed by atoms with van der Waals surface area (Å²) in [6.45, 7) is 9.05. The highest BCUT2D eigenvalue weighted by Crippen LogP contribution is 2.32. The summed E-state index contributed by atoms with van der Waals surface area (Å²) in [6.07, 6.45) is 4.47. The van der Waals surface area contributed by atoms with Crippen LogP contribution in [0.4, 0.5) is 0 Å². The van der Waals surface area contributed by atoms with Gasteiger partial charge in [0.2, 0.25) is 0 Å². The van der Waals surface area contributed by atoms with E-state index in [1.165, 1.54) is 11.1 Å². The molecule has 1 aliphatic heterocycles. The highest BCUT2D eigenvalue weighted by Gasteiger charge is 2.31. The number of nitrogens with zero attached hydrogens (tertiary/aromatic N) is 6. The van der Waals surface area contributed by atoms with E-state index in [1.54, 1.807) is 0 Å². The third kappa shape index (κ3) is 5.48. The molecule has 36 heavy (non-hydrogen) atoms. The molecule has 1 aromatic heterocycles. The quantitative estimate of drug-likeness (QED) is 0.310. The first-order chi connectivity index (χ1) is 17.6. The Balaban J connectivity index is 1.39. The van der Waals surface area contributed by atoms with Crippen LogP contribution in [0.25, 0.3) is 11.8 Å². The molecule has 1 aliphatic rings. The predicted molar refractivity (Wildman–Crippen MR) is 148 cm³/mol. The molecule has 6 nitrogen and oxygen atoms in total. The molecule has 184 valence electrons. The van der Waals surface area contributed by atoms with Crippen LogP contribution >= 0.6 is 15.9 Å². The maximum atomic E-state index is 4.58. The van der Waals surface area contributed by atoms with Gasteiger partial charge in [0, 0.05) is 37.2 Å². The summed E-state index contributed by atoms with van der Waals surface area (Å²) in [5.74, 6) is 0.850. The Morgan fingerprint density at radius 1 is 0.889 bits per heavy atom. The summed E-state index contributed by atoms with van der Waals surface area (Å²) in [7, 11) is 0. The van der Waals surface area contributed by atoms with E-state index in [-0.39, 0.29) is 6.04 Å². The van der Waals surface area contributed by atoms with Gasteiger partial charge in [-0.15, -0.1) is 5.10 Å². The second-order valence-electron chi connectivity index (χ2n) is 9.30. The van der Waals surface area contributed by atoms with Gasteiger partial charge in [0.15, 0.2) is 5.82 Å². The topological polar surface area (TPSA) is 50.1 Å². The highest BCUT2D eigenvalue weighted by atomic mass is 79.9. The average Bonchev–Trinajstić information content (AvgIpc) is 3.34. The van der Waals surface area contributed by atoms with Crippen molar-refractivity contribution in [1.82, 2.24) is 30.0 Å². The summed E-state index contributed by atoms with van der Waals surface area (Å²) in [6, 6.07) is 25.2. The minimum atomic E-state index is -0.0430. The Morgan fingerprint density at radius 3 is 2.33 bits per heavy atom. The molecular formula is C29H31BrN6. The largest absolute Gasteiger partial charge is 0.297 e. The van der Waals surface area contributed by atoms with E-state index in [0.717, 1.165) is 59.8 Å². The number of aryl methyl sites for hydroxylation is 2. The maximum absolute atomic E-state index is 4.58. The van der Waals surface area contributed by atoms with Gasteiger partial charge < -0.3 is 0 Å². The van der Waals surface area contributed by atoms with Crippen molar-refractivity contribution in [2.24, 2.45) is 0 Å². The van der Waals surface area contributed by atoms with Crippen molar-refractivity contribution < 1.29 is 0 Å². The summed E-state index contributed by atoms with van der Waals surface area (Å²) < 4.78 is 2.99. The zero-order valence-electron chi connectivity index (χ0n) is 20.8. The Morgan fingerprint density at radius 2 is 1.61 bits per heavy atom. The van der Waals surface area contributed by atoms with Gasteiger partial charge in [-0.3, -0.25) is 9.80 Å². The van der Waals surface area contributed by atoms with Crippen molar-refractivity contribution in [3.8, 4) is 5.69 Å². The van der Waals surface area contributed by atoms with E-state index >= 15 is 0 Å². The monoisotopic (exact) mass is 542 g/mol. The SMILES string of the molecule is Cc1cccc(C)c1-n1nnnc1[C@H](c1cccc(Br)c1)N1CCN(C/C=C/c2ccccc2)CC1. The van der Waals surface area contributed by atoms with Crippen LogP contribution in [-0.2, 0) is 0 Å². The molecule has 0 saturated carbocycles. The van der Waals surface area contributed by atoms with E-state index in [4.69, 9.17) is 0 Å². The number of hydrogen-bond donors (Lipinski definition) is 0. The van der Waals surface area contributed by atoms with Crippen molar-refractivity contribution in [1.29, 1.82) is 0 Å². The second kappa shape index (κ2) is 11.3. The first kappa shape index (κ1) is 24.6. The number of aromatic nitrogens is 4. The van der Waals surface area contributed by atoms with Crippen molar-refractivity contribution in [2.75, 3.05) is 32.7 Å². The minimum absolute atomic E-state index is 0.0430. The van der Waals surface area contributed by atoms with Gasteiger partial charge in [0.25, 0.3) is 0 Å². The Labute approximate surface area is 221 Å². The fourth-order valence-corrected chi connectivity index (χ4v) is 5.39. The molecular weight excluding hydrogens is 512 g/mol. The molecule has 0 unspecified atom stereocenters. The molecule has 0 spiro atoms. The molecule has 5 rings (SSSR count). The number of rotatable bonds is 7. The lowest BCUT2D eigenvalue weighted by atomic mass is 10.0. The first-order valence-electron chi connectivity index (χ1n) is 12.4. The third-order valence-corrected chi connectivity index (χ3v) is 7.29. The smallest absolute Gasteiger partial charge is 0.178 e. The summed E-state index contributed by atoms with van der Waals surface area (Å²) >= 11 is 3.67. The number of halogens is 1. The molecule has 0 aliphatic carbocycles. The molecule has 0 N–H and O–H groups in total. The first-order valence-corrected chi connectivity index (χ1v) is 13.2. The molecule has 3 aromatic carbocycles. The molecule has 7 heteroatoms. The zero-order chi connectivity index (χ0) is 24.9. The van der Waals surface area contributed by atoms with Crippen molar-refractivity contribution in [2.45, 2.75) is 19.9 Å². The van der Waals surface area contributed by atoms with Crippen LogP contribution in [0, 0.1) is 13.8 Å². The van der Waals surface area contributed by atoms with Crippen LogP contribution in [0.2, 0.25) is 0 Å². The molecule has 2 heterocycles. The number of hydrogen-bond acceptors (Lipinski definition) is 5. The lowest BCUT2D eigenvalue weighted by molar-refractivity contribution is 0.113. The molecule has 1 fully saturated rings. The van der Waals surface area contributed by atoms with Crippen LogP contribution in [0.1, 0.15) is 34.1 Å². The van der Waals surface area contributed by atoms with Crippen molar-refractivity contribution >= 4 is 22.0 Å². The van der Waals surface area contributed by atoms with Crippen molar-refractivity contribution in [3.63, 3.8) is 0 Å². The third-order valence-electron chi connectivity index (χ3n) is 6.80. The van der Waals surface area contributed by atoms with Crippen LogP contribution < -0.4 is 0 Å². The highest BCUT2D eigenvalue weighted by molar-refractivity contribution is 9.10. The lowest BCUT2D eigenvalue weighted by Crippen LogP contribution is -2.48. The van der Waals surface area contributed by atoms with Gasteiger partial charge in [-0.25, -0.2) is 0 Å². The average molecular weight is 544 g/mol.